The van der Waals surface area contributed by atoms with Gasteiger partial charge in [-0.05, 0) is 31.5 Å². The molecule has 0 atom stereocenters. The van der Waals surface area contributed by atoms with Crippen LogP contribution in [-0.4, -0.2) is 24.1 Å². The van der Waals surface area contributed by atoms with E-state index in [9.17, 15) is 0 Å². The molecule has 106 valence electrons. The van der Waals surface area contributed by atoms with Gasteiger partial charge in [0.05, 0.1) is 7.11 Å². The molecule has 0 bridgehead atoms. The summed E-state index contributed by atoms with van der Waals surface area (Å²) in [7, 11) is 3.66. The minimum Gasteiger partial charge on any atom is -0.497 e. The first-order valence-electron chi connectivity index (χ1n) is 6.36. The summed E-state index contributed by atoms with van der Waals surface area (Å²) in [6.45, 7) is 4.50. The topological polar surface area (TPSA) is 38.2 Å². The van der Waals surface area contributed by atoms with Gasteiger partial charge >= 0.3 is 0 Å². The Morgan fingerprint density at radius 2 is 2.00 bits per heavy atom. The SMILES string of the molecule is COc1cccc(CN(C)c2nc(C)nc(Cl)c2C)c1. The lowest BCUT2D eigenvalue weighted by Crippen LogP contribution is -2.19. The second kappa shape index (κ2) is 6.09. The molecule has 0 fully saturated rings. The van der Waals surface area contributed by atoms with E-state index in [1.165, 1.54) is 0 Å². The van der Waals surface area contributed by atoms with Crippen molar-refractivity contribution in [3.8, 4) is 5.75 Å². The molecule has 0 aliphatic carbocycles. The predicted octanol–water partition coefficient (Wildman–Crippen LogP) is 3.39. The smallest absolute Gasteiger partial charge is 0.137 e. The number of nitrogens with zero attached hydrogens (tertiary/aromatic N) is 3. The average molecular weight is 292 g/mol. The van der Waals surface area contributed by atoms with E-state index in [0.717, 1.165) is 29.2 Å². The highest BCUT2D eigenvalue weighted by atomic mass is 35.5. The zero-order chi connectivity index (χ0) is 14.7. The highest BCUT2D eigenvalue weighted by Crippen LogP contribution is 2.24. The third-order valence-corrected chi connectivity index (χ3v) is 3.46. The standard InChI is InChI=1S/C15H18ClN3O/c1-10-14(16)17-11(2)18-15(10)19(3)9-12-6-5-7-13(8-12)20-4/h5-8H,9H2,1-4H3. The van der Waals surface area contributed by atoms with Gasteiger partial charge in [0.2, 0.25) is 0 Å². The van der Waals surface area contributed by atoms with Crippen LogP contribution in [0.25, 0.3) is 0 Å². The zero-order valence-electron chi connectivity index (χ0n) is 12.1. The van der Waals surface area contributed by atoms with Gasteiger partial charge in [-0.3, -0.25) is 0 Å². The van der Waals surface area contributed by atoms with Gasteiger partial charge in [0.25, 0.3) is 0 Å². The minimum atomic E-state index is 0.505. The molecule has 0 N–H and O–H groups in total. The van der Waals surface area contributed by atoms with Crippen molar-refractivity contribution in [3.63, 3.8) is 0 Å². The fourth-order valence-electron chi connectivity index (χ4n) is 2.07. The first kappa shape index (κ1) is 14.6. The molecule has 5 heteroatoms. The van der Waals surface area contributed by atoms with Crippen molar-refractivity contribution in [3.05, 3.63) is 46.4 Å². The molecule has 0 saturated carbocycles. The molecule has 0 aliphatic heterocycles. The fraction of sp³-hybridized carbons (Fsp3) is 0.333. The Labute approximate surface area is 124 Å². The third kappa shape index (κ3) is 3.20. The molecule has 0 aliphatic rings. The monoisotopic (exact) mass is 291 g/mol. The van der Waals surface area contributed by atoms with E-state index in [4.69, 9.17) is 16.3 Å². The van der Waals surface area contributed by atoms with Crippen LogP contribution in [0.1, 0.15) is 17.0 Å². The van der Waals surface area contributed by atoms with Gasteiger partial charge in [-0.1, -0.05) is 23.7 Å². The second-order valence-electron chi connectivity index (χ2n) is 4.72. The number of aryl methyl sites for hydroxylation is 1. The van der Waals surface area contributed by atoms with Crippen LogP contribution in [0.3, 0.4) is 0 Å². The molecule has 1 aromatic heterocycles. The van der Waals surface area contributed by atoms with Crippen molar-refractivity contribution in [2.75, 3.05) is 19.1 Å². The summed E-state index contributed by atoms with van der Waals surface area (Å²) < 4.78 is 5.24. The minimum absolute atomic E-state index is 0.505. The summed E-state index contributed by atoms with van der Waals surface area (Å²) in [6.07, 6.45) is 0. The van der Waals surface area contributed by atoms with E-state index >= 15 is 0 Å². The van der Waals surface area contributed by atoms with E-state index < -0.39 is 0 Å². The van der Waals surface area contributed by atoms with Gasteiger partial charge in [-0.25, -0.2) is 9.97 Å². The number of aromatic nitrogens is 2. The number of anilines is 1. The summed E-state index contributed by atoms with van der Waals surface area (Å²) in [5, 5.41) is 0.505. The van der Waals surface area contributed by atoms with Crippen LogP contribution in [0, 0.1) is 13.8 Å². The Morgan fingerprint density at radius 1 is 1.25 bits per heavy atom. The number of hydrogen-bond donors (Lipinski definition) is 0. The summed E-state index contributed by atoms with van der Waals surface area (Å²) in [5.41, 5.74) is 2.04. The van der Waals surface area contributed by atoms with E-state index in [0.29, 0.717) is 11.0 Å². The van der Waals surface area contributed by atoms with Gasteiger partial charge in [0.15, 0.2) is 0 Å². The maximum Gasteiger partial charge on any atom is 0.137 e. The number of benzene rings is 1. The maximum absolute atomic E-state index is 6.12. The summed E-state index contributed by atoms with van der Waals surface area (Å²) in [5.74, 6) is 2.38. The fourth-order valence-corrected chi connectivity index (χ4v) is 2.28. The maximum atomic E-state index is 6.12. The summed E-state index contributed by atoms with van der Waals surface area (Å²) in [6, 6.07) is 7.99. The van der Waals surface area contributed by atoms with E-state index in [1.807, 2.05) is 39.1 Å². The largest absolute Gasteiger partial charge is 0.497 e. The van der Waals surface area contributed by atoms with E-state index in [-0.39, 0.29) is 0 Å². The first-order valence-corrected chi connectivity index (χ1v) is 6.74. The number of ether oxygens (including phenoxy) is 1. The van der Waals surface area contributed by atoms with Gasteiger partial charge in [0, 0.05) is 19.2 Å². The number of rotatable bonds is 4. The zero-order valence-corrected chi connectivity index (χ0v) is 12.9. The van der Waals surface area contributed by atoms with Gasteiger partial charge in [-0.2, -0.15) is 0 Å². The average Bonchev–Trinajstić information content (AvgIpc) is 2.43. The van der Waals surface area contributed by atoms with Crippen molar-refractivity contribution in [2.45, 2.75) is 20.4 Å². The molecule has 1 aromatic carbocycles. The van der Waals surface area contributed by atoms with Crippen molar-refractivity contribution in [2.24, 2.45) is 0 Å². The molecule has 0 amide bonds. The molecule has 0 unspecified atom stereocenters. The number of hydrogen-bond acceptors (Lipinski definition) is 4. The molecule has 0 saturated heterocycles. The highest BCUT2D eigenvalue weighted by molar-refractivity contribution is 6.30. The Bertz CT molecular complexity index is 616. The Balaban J connectivity index is 2.25. The summed E-state index contributed by atoms with van der Waals surface area (Å²) in [4.78, 5) is 10.7. The molecule has 1 heterocycles. The molecule has 0 radical (unpaired) electrons. The summed E-state index contributed by atoms with van der Waals surface area (Å²) >= 11 is 6.12. The van der Waals surface area contributed by atoms with Crippen LogP contribution >= 0.6 is 11.6 Å². The van der Waals surface area contributed by atoms with Crippen molar-refractivity contribution in [1.82, 2.24) is 9.97 Å². The van der Waals surface area contributed by atoms with Gasteiger partial charge < -0.3 is 9.64 Å². The van der Waals surface area contributed by atoms with E-state index in [2.05, 4.69) is 20.9 Å². The van der Waals surface area contributed by atoms with Crippen LogP contribution in [0.15, 0.2) is 24.3 Å². The third-order valence-electron chi connectivity index (χ3n) is 3.09. The lowest BCUT2D eigenvalue weighted by atomic mass is 10.2. The molecular weight excluding hydrogens is 274 g/mol. The molecule has 4 nitrogen and oxygen atoms in total. The van der Waals surface area contributed by atoms with Gasteiger partial charge in [-0.15, -0.1) is 0 Å². The van der Waals surface area contributed by atoms with Crippen LogP contribution in [0.2, 0.25) is 5.15 Å². The Hall–Kier alpha value is -1.81. The lowest BCUT2D eigenvalue weighted by molar-refractivity contribution is 0.414. The highest BCUT2D eigenvalue weighted by Gasteiger charge is 2.12. The lowest BCUT2D eigenvalue weighted by Gasteiger charge is -2.21. The predicted molar refractivity (Wildman–Crippen MR) is 81.6 cm³/mol. The van der Waals surface area contributed by atoms with Crippen LogP contribution in [0.5, 0.6) is 5.75 Å². The molecule has 2 rings (SSSR count). The Kier molecular flexibility index (Phi) is 4.45. The van der Waals surface area contributed by atoms with Crippen molar-refractivity contribution < 1.29 is 4.74 Å². The molecular formula is C15H18ClN3O. The van der Waals surface area contributed by atoms with Gasteiger partial charge in [0.1, 0.15) is 22.5 Å². The van der Waals surface area contributed by atoms with Crippen LogP contribution in [-0.2, 0) is 6.54 Å². The molecule has 2 aromatic rings. The molecule has 0 spiro atoms. The number of halogens is 1. The van der Waals surface area contributed by atoms with Crippen molar-refractivity contribution >= 4 is 17.4 Å². The second-order valence-corrected chi connectivity index (χ2v) is 5.08. The quantitative estimate of drug-likeness (QED) is 0.809. The molecule has 20 heavy (non-hydrogen) atoms. The first-order chi connectivity index (χ1) is 9.51. The van der Waals surface area contributed by atoms with Crippen LogP contribution < -0.4 is 9.64 Å². The Morgan fingerprint density at radius 3 is 2.70 bits per heavy atom. The van der Waals surface area contributed by atoms with E-state index in [1.54, 1.807) is 7.11 Å². The van der Waals surface area contributed by atoms with Crippen LogP contribution in [0.4, 0.5) is 5.82 Å². The number of methoxy groups -OCH3 is 1. The van der Waals surface area contributed by atoms with Crippen molar-refractivity contribution in [1.29, 1.82) is 0 Å². The normalized spacial score (nSPS) is 10.4.